The summed E-state index contributed by atoms with van der Waals surface area (Å²) in [5.41, 5.74) is 5.88. The molecule has 8 heteroatoms. The number of carbonyl (C=O) groups excluding carboxylic acids is 1. The average Bonchev–Trinajstić information content (AvgIpc) is 3.05. The maximum absolute atomic E-state index is 11.0. The van der Waals surface area contributed by atoms with E-state index in [4.69, 9.17) is 23.2 Å². The van der Waals surface area contributed by atoms with Crippen LogP contribution in [-0.2, 0) is 0 Å². The number of aryl methyl sites for hydroxylation is 1. The monoisotopic (exact) mass is 668 g/mol. The van der Waals surface area contributed by atoms with E-state index >= 15 is 0 Å². The SMILES string of the molecule is CC(NCCC(c1ccccc1)c1ccccc1)c1ccccc1.Cc1ccc(Cl)c(Nc2ccccc2C(=O)[O-])c1Cl.Cl.[Na+]. The van der Waals surface area contributed by atoms with Gasteiger partial charge in [-0.25, -0.2) is 0 Å². The van der Waals surface area contributed by atoms with Crippen molar-refractivity contribution in [2.24, 2.45) is 0 Å². The quantitative estimate of drug-likeness (QED) is 0.169. The number of hydrogen-bond donors (Lipinski definition) is 2. The van der Waals surface area contributed by atoms with Crippen LogP contribution >= 0.6 is 35.6 Å². The Labute approximate surface area is 304 Å². The van der Waals surface area contributed by atoms with Crippen molar-refractivity contribution in [2.45, 2.75) is 32.2 Å². The fraction of sp³-hybridized carbons (Fsp3) is 0.162. The molecule has 0 amide bonds. The molecule has 1 atom stereocenters. The first-order valence-corrected chi connectivity index (χ1v) is 15.0. The number of anilines is 2. The van der Waals surface area contributed by atoms with Gasteiger partial charge in [-0.15, -0.1) is 12.4 Å². The van der Waals surface area contributed by atoms with Crippen molar-refractivity contribution >= 4 is 53.0 Å². The third-order valence-corrected chi connectivity index (χ3v) is 8.08. The summed E-state index contributed by atoms with van der Waals surface area (Å²) in [7, 11) is 0. The minimum Gasteiger partial charge on any atom is -0.545 e. The van der Waals surface area contributed by atoms with Gasteiger partial charge in [0.25, 0.3) is 0 Å². The van der Waals surface area contributed by atoms with Gasteiger partial charge in [-0.3, -0.25) is 0 Å². The third kappa shape index (κ3) is 11.2. The predicted octanol–water partition coefficient (Wildman–Crippen LogP) is 6.39. The summed E-state index contributed by atoms with van der Waals surface area (Å²) in [6.07, 6.45) is 1.09. The van der Waals surface area contributed by atoms with E-state index in [0.29, 0.717) is 33.4 Å². The Morgan fingerprint density at radius 3 is 1.76 bits per heavy atom. The topological polar surface area (TPSA) is 64.2 Å². The smallest absolute Gasteiger partial charge is 0.545 e. The number of carbonyl (C=O) groups is 1. The summed E-state index contributed by atoms with van der Waals surface area (Å²) in [4.78, 5) is 11.0. The third-order valence-electron chi connectivity index (χ3n) is 7.28. The molecule has 228 valence electrons. The van der Waals surface area contributed by atoms with Crippen LogP contribution in [0.1, 0.15) is 57.9 Å². The van der Waals surface area contributed by atoms with E-state index in [1.54, 1.807) is 30.3 Å². The van der Waals surface area contributed by atoms with Crippen molar-refractivity contribution in [2.75, 3.05) is 11.9 Å². The van der Waals surface area contributed by atoms with Gasteiger partial charge in [0.05, 0.1) is 21.7 Å². The van der Waals surface area contributed by atoms with Crippen LogP contribution in [-0.4, -0.2) is 12.5 Å². The van der Waals surface area contributed by atoms with Crippen molar-refractivity contribution in [1.82, 2.24) is 5.32 Å². The van der Waals surface area contributed by atoms with Crippen molar-refractivity contribution in [3.63, 3.8) is 0 Å². The molecule has 45 heavy (non-hydrogen) atoms. The summed E-state index contributed by atoms with van der Waals surface area (Å²) in [6, 6.07) is 42.5. The van der Waals surface area contributed by atoms with Gasteiger partial charge in [0.15, 0.2) is 0 Å². The molecule has 0 bridgehead atoms. The van der Waals surface area contributed by atoms with Crippen LogP contribution in [0.4, 0.5) is 11.4 Å². The minimum absolute atomic E-state index is 0. The number of para-hydroxylation sites is 1. The Bertz CT molecular complexity index is 1570. The van der Waals surface area contributed by atoms with Crippen LogP contribution in [0.3, 0.4) is 0 Å². The van der Waals surface area contributed by atoms with E-state index in [2.05, 4.69) is 109 Å². The Morgan fingerprint density at radius 1 is 0.733 bits per heavy atom. The first kappa shape index (κ1) is 38.4. The standard InChI is InChI=1S/C23H25N.C14H11Cl2NO2.ClH.Na/c1-19(20-11-5-2-6-12-20)24-18-17-23(21-13-7-3-8-14-21)22-15-9-4-10-16-22;1-8-6-7-10(15)13(12(8)16)17-11-5-3-2-4-9(11)14(18)19;;/h2-16,19,23-24H,17-18H2,1H3;2-7,17H,1H3,(H,18,19);1H;/q;;;+1/p-1. The molecule has 0 spiro atoms. The molecule has 0 aliphatic carbocycles. The number of halogens is 3. The van der Waals surface area contributed by atoms with Gasteiger partial charge >= 0.3 is 29.6 Å². The van der Waals surface area contributed by atoms with Crippen LogP contribution in [0.2, 0.25) is 10.0 Å². The minimum atomic E-state index is -1.26. The Morgan fingerprint density at radius 2 is 1.22 bits per heavy atom. The van der Waals surface area contributed by atoms with E-state index in [1.807, 2.05) is 6.92 Å². The van der Waals surface area contributed by atoms with E-state index in [0.717, 1.165) is 18.5 Å². The summed E-state index contributed by atoms with van der Waals surface area (Å²) >= 11 is 12.2. The van der Waals surface area contributed by atoms with E-state index in [9.17, 15) is 9.90 Å². The number of carboxylic acids is 1. The fourth-order valence-corrected chi connectivity index (χ4v) is 5.34. The van der Waals surface area contributed by atoms with E-state index in [1.165, 1.54) is 22.8 Å². The molecule has 0 heterocycles. The van der Waals surface area contributed by atoms with Crippen LogP contribution in [0, 0.1) is 6.92 Å². The van der Waals surface area contributed by atoms with Gasteiger partial charge in [-0.1, -0.05) is 138 Å². The van der Waals surface area contributed by atoms with Gasteiger partial charge in [0.2, 0.25) is 0 Å². The summed E-state index contributed by atoms with van der Waals surface area (Å²) < 4.78 is 0. The molecule has 0 saturated carbocycles. The Kier molecular flexibility index (Phi) is 16.8. The average molecular weight is 670 g/mol. The zero-order valence-electron chi connectivity index (χ0n) is 25.7. The zero-order valence-corrected chi connectivity index (χ0v) is 30.0. The van der Waals surface area contributed by atoms with Crippen molar-refractivity contribution in [1.29, 1.82) is 0 Å². The molecule has 0 aliphatic rings. The molecule has 5 aromatic rings. The van der Waals surface area contributed by atoms with Gasteiger partial charge in [-0.05, 0) is 61.2 Å². The molecule has 0 aromatic heterocycles. The Hall–Kier alpha value is -2.80. The molecule has 0 aliphatic heterocycles. The second-order valence-electron chi connectivity index (χ2n) is 10.3. The van der Waals surface area contributed by atoms with Crippen molar-refractivity contribution in [3.8, 4) is 0 Å². The molecule has 0 radical (unpaired) electrons. The summed E-state index contributed by atoms with van der Waals surface area (Å²) in [6.45, 7) is 5.06. The summed E-state index contributed by atoms with van der Waals surface area (Å²) in [5.74, 6) is -0.828. The summed E-state index contributed by atoms with van der Waals surface area (Å²) in [5, 5.41) is 18.5. The molecule has 5 rings (SSSR count). The number of rotatable bonds is 10. The molecule has 1 unspecified atom stereocenters. The van der Waals surface area contributed by atoms with Crippen LogP contribution in [0.5, 0.6) is 0 Å². The van der Waals surface area contributed by atoms with Gasteiger partial charge in [0, 0.05) is 23.2 Å². The molecule has 4 nitrogen and oxygen atoms in total. The Balaban J connectivity index is 0.000000308. The van der Waals surface area contributed by atoms with E-state index in [-0.39, 0.29) is 47.5 Å². The molecular weight excluding hydrogens is 634 g/mol. The van der Waals surface area contributed by atoms with Crippen LogP contribution in [0.25, 0.3) is 0 Å². The van der Waals surface area contributed by atoms with Gasteiger partial charge in [-0.2, -0.15) is 0 Å². The largest absolute Gasteiger partial charge is 1.00 e. The number of nitrogens with one attached hydrogen (secondary N) is 2. The molecular formula is C37H36Cl3N2NaO2. The predicted molar refractivity (Wildman–Crippen MR) is 185 cm³/mol. The number of benzene rings is 5. The van der Waals surface area contributed by atoms with Crippen LogP contribution in [0.15, 0.2) is 127 Å². The normalized spacial score (nSPS) is 10.9. The van der Waals surface area contributed by atoms with Gasteiger partial charge < -0.3 is 20.5 Å². The van der Waals surface area contributed by atoms with Crippen LogP contribution < -0.4 is 45.3 Å². The number of hydrogen-bond acceptors (Lipinski definition) is 4. The second-order valence-corrected chi connectivity index (χ2v) is 11.0. The second kappa shape index (κ2) is 19.7. The first-order valence-electron chi connectivity index (χ1n) is 14.3. The zero-order chi connectivity index (χ0) is 30.6. The molecule has 5 aromatic carbocycles. The first-order chi connectivity index (χ1) is 20.8. The number of carboxylic acid groups (broad SMARTS) is 1. The number of aromatic carboxylic acids is 1. The maximum atomic E-state index is 11.0. The van der Waals surface area contributed by atoms with Crippen molar-refractivity contribution < 1.29 is 39.5 Å². The van der Waals surface area contributed by atoms with E-state index < -0.39 is 5.97 Å². The fourth-order valence-electron chi connectivity index (χ4n) is 4.88. The van der Waals surface area contributed by atoms with Gasteiger partial charge in [0.1, 0.15) is 0 Å². The molecule has 0 saturated heterocycles. The molecule has 2 N–H and O–H groups in total. The molecule has 0 fully saturated rings. The maximum Gasteiger partial charge on any atom is 1.00 e. The van der Waals surface area contributed by atoms with Crippen molar-refractivity contribution in [3.05, 3.63) is 165 Å².